The standard InChI is InChI=1S/C11H16O3/c1-9(7-8-13-2)14-11-6-4-3-5-10(11)12/h3-6,9,12H,7-8H2,1-2H3. The molecule has 1 unspecified atom stereocenters. The van der Waals surface area contributed by atoms with E-state index in [-0.39, 0.29) is 11.9 Å². The number of hydrogen-bond acceptors (Lipinski definition) is 3. The highest BCUT2D eigenvalue weighted by molar-refractivity contribution is 5.37. The number of aromatic hydroxyl groups is 1. The van der Waals surface area contributed by atoms with Crippen molar-refractivity contribution in [3.05, 3.63) is 24.3 Å². The van der Waals surface area contributed by atoms with Crippen molar-refractivity contribution >= 4 is 0 Å². The van der Waals surface area contributed by atoms with Crippen LogP contribution in [0.4, 0.5) is 0 Å². The smallest absolute Gasteiger partial charge is 0.161 e. The van der Waals surface area contributed by atoms with Crippen LogP contribution in [0.2, 0.25) is 0 Å². The van der Waals surface area contributed by atoms with Crippen molar-refractivity contribution in [3.8, 4) is 11.5 Å². The molecule has 1 N–H and O–H groups in total. The van der Waals surface area contributed by atoms with Crippen LogP contribution in [0.3, 0.4) is 0 Å². The van der Waals surface area contributed by atoms with Crippen LogP contribution in [-0.4, -0.2) is 24.9 Å². The van der Waals surface area contributed by atoms with Crippen molar-refractivity contribution < 1.29 is 14.6 Å². The molecular weight excluding hydrogens is 180 g/mol. The highest BCUT2D eigenvalue weighted by atomic mass is 16.5. The second-order valence-electron chi connectivity index (χ2n) is 3.18. The normalized spacial score (nSPS) is 12.4. The highest BCUT2D eigenvalue weighted by Gasteiger charge is 2.06. The Hall–Kier alpha value is -1.22. The van der Waals surface area contributed by atoms with Crippen LogP contribution in [0.25, 0.3) is 0 Å². The zero-order chi connectivity index (χ0) is 10.4. The molecule has 3 nitrogen and oxygen atoms in total. The van der Waals surface area contributed by atoms with Gasteiger partial charge < -0.3 is 14.6 Å². The number of ether oxygens (including phenoxy) is 2. The molecule has 0 spiro atoms. The summed E-state index contributed by atoms with van der Waals surface area (Å²) in [6.07, 6.45) is 0.855. The summed E-state index contributed by atoms with van der Waals surface area (Å²) in [5.41, 5.74) is 0. The van der Waals surface area contributed by atoms with Crippen LogP contribution in [0.1, 0.15) is 13.3 Å². The lowest BCUT2D eigenvalue weighted by molar-refractivity contribution is 0.133. The third-order valence-electron chi connectivity index (χ3n) is 1.92. The molecule has 0 radical (unpaired) electrons. The Morgan fingerprint density at radius 1 is 1.36 bits per heavy atom. The van der Waals surface area contributed by atoms with E-state index in [0.717, 1.165) is 6.42 Å². The Kier molecular flexibility index (Phi) is 4.26. The number of benzene rings is 1. The summed E-state index contributed by atoms with van der Waals surface area (Å²) in [4.78, 5) is 0. The maximum Gasteiger partial charge on any atom is 0.161 e. The minimum absolute atomic E-state index is 0.0447. The number of methoxy groups -OCH3 is 1. The predicted octanol–water partition coefficient (Wildman–Crippen LogP) is 2.20. The fourth-order valence-electron chi connectivity index (χ4n) is 1.12. The lowest BCUT2D eigenvalue weighted by Crippen LogP contribution is -2.14. The van der Waals surface area contributed by atoms with Gasteiger partial charge in [-0.25, -0.2) is 0 Å². The lowest BCUT2D eigenvalue weighted by Gasteiger charge is -2.14. The molecule has 14 heavy (non-hydrogen) atoms. The molecule has 78 valence electrons. The first-order chi connectivity index (χ1) is 6.74. The quantitative estimate of drug-likeness (QED) is 0.784. The number of para-hydroxylation sites is 2. The first-order valence-electron chi connectivity index (χ1n) is 4.67. The minimum Gasteiger partial charge on any atom is -0.504 e. The molecule has 1 atom stereocenters. The third kappa shape index (κ3) is 3.26. The van der Waals surface area contributed by atoms with E-state index in [2.05, 4.69) is 0 Å². The van der Waals surface area contributed by atoms with Crippen molar-refractivity contribution in [2.75, 3.05) is 13.7 Å². The third-order valence-corrected chi connectivity index (χ3v) is 1.92. The number of phenolic OH excluding ortho intramolecular Hbond substituents is 1. The molecule has 0 amide bonds. The molecule has 0 heterocycles. The largest absolute Gasteiger partial charge is 0.504 e. The second kappa shape index (κ2) is 5.50. The molecule has 0 aliphatic rings. The number of hydrogen-bond donors (Lipinski definition) is 1. The maximum absolute atomic E-state index is 9.43. The van der Waals surface area contributed by atoms with Gasteiger partial charge in [0, 0.05) is 20.1 Å². The van der Waals surface area contributed by atoms with E-state index >= 15 is 0 Å². The zero-order valence-corrected chi connectivity index (χ0v) is 8.56. The molecule has 1 aromatic rings. The molecule has 1 aromatic carbocycles. The Morgan fingerprint density at radius 2 is 2.07 bits per heavy atom. The van der Waals surface area contributed by atoms with Crippen molar-refractivity contribution in [1.29, 1.82) is 0 Å². The minimum atomic E-state index is 0.0447. The first kappa shape index (κ1) is 10.9. The summed E-state index contributed by atoms with van der Waals surface area (Å²) in [5.74, 6) is 0.702. The average Bonchev–Trinajstić information content (AvgIpc) is 2.18. The van der Waals surface area contributed by atoms with Gasteiger partial charge in [-0.15, -0.1) is 0 Å². The van der Waals surface area contributed by atoms with Gasteiger partial charge in [0.05, 0.1) is 6.10 Å². The molecule has 0 aliphatic heterocycles. The molecule has 0 saturated carbocycles. The van der Waals surface area contributed by atoms with Gasteiger partial charge in [0.25, 0.3) is 0 Å². The van der Waals surface area contributed by atoms with Crippen molar-refractivity contribution in [1.82, 2.24) is 0 Å². The van der Waals surface area contributed by atoms with Crippen LogP contribution in [0.15, 0.2) is 24.3 Å². The van der Waals surface area contributed by atoms with Crippen molar-refractivity contribution in [2.24, 2.45) is 0 Å². The maximum atomic E-state index is 9.43. The Morgan fingerprint density at radius 3 is 2.71 bits per heavy atom. The predicted molar refractivity (Wildman–Crippen MR) is 54.7 cm³/mol. The molecule has 0 fully saturated rings. The Balaban J connectivity index is 2.47. The SMILES string of the molecule is COCCC(C)Oc1ccccc1O. The van der Waals surface area contributed by atoms with Gasteiger partial charge in [-0.2, -0.15) is 0 Å². The summed E-state index contributed by atoms with van der Waals surface area (Å²) in [7, 11) is 1.66. The second-order valence-corrected chi connectivity index (χ2v) is 3.18. The summed E-state index contributed by atoms with van der Waals surface area (Å²) in [6, 6.07) is 6.96. The monoisotopic (exact) mass is 196 g/mol. The van der Waals surface area contributed by atoms with E-state index in [1.54, 1.807) is 25.3 Å². The van der Waals surface area contributed by atoms with Gasteiger partial charge in [0.1, 0.15) is 0 Å². The fraction of sp³-hybridized carbons (Fsp3) is 0.455. The van der Waals surface area contributed by atoms with Crippen molar-refractivity contribution in [2.45, 2.75) is 19.4 Å². The number of phenols is 1. The van der Waals surface area contributed by atoms with E-state index in [9.17, 15) is 5.11 Å². The Labute approximate surface area is 84.3 Å². The summed E-state index contributed by atoms with van der Waals surface area (Å²) < 4.78 is 10.5. The fourth-order valence-corrected chi connectivity index (χ4v) is 1.12. The van der Waals surface area contributed by atoms with E-state index in [1.165, 1.54) is 0 Å². The molecule has 0 saturated heterocycles. The van der Waals surface area contributed by atoms with Gasteiger partial charge >= 0.3 is 0 Å². The van der Waals surface area contributed by atoms with Gasteiger partial charge in [-0.1, -0.05) is 12.1 Å². The topological polar surface area (TPSA) is 38.7 Å². The lowest BCUT2D eigenvalue weighted by atomic mass is 10.3. The van der Waals surface area contributed by atoms with Gasteiger partial charge in [-0.3, -0.25) is 0 Å². The molecule has 0 bridgehead atoms. The van der Waals surface area contributed by atoms with Crippen LogP contribution in [0.5, 0.6) is 11.5 Å². The molecule has 0 aliphatic carbocycles. The van der Waals surface area contributed by atoms with E-state index < -0.39 is 0 Å². The van der Waals surface area contributed by atoms with Crippen LogP contribution in [-0.2, 0) is 4.74 Å². The molecular formula is C11H16O3. The Bertz CT molecular complexity index is 273. The summed E-state index contributed by atoms with van der Waals surface area (Å²) >= 11 is 0. The average molecular weight is 196 g/mol. The van der Waals surface area contributed by atoms with Crippen molar-refractivity contribution in [3.63, 3.8) is 0 Å². The summed E-state index contributed by atoms with van der Waals surface area (Å²) in [5, 5.41) is 9.43. The van der Waals surface area contributed by atoms with Crippen LogP contribution < -0.4 is 4.74 Å². The number of rotatable bonds is 5. The van der Waals surface area contributed by atoms with Gasteiger partial charge in [0.15, 0.2) is 11.5 Å². The molecule has 1 rings (SSSR count). The highest BCUT2D eigenvalue weighted by Crippen LogP contribution is 2.25. The zero-order valence-electron chi connectivity index (χ0n) is 8.56. The first-order valence-corrected chi connectivity index (χ1v) is 4.67. The van der Waals surface area contributed by atoms with Gasteiger partial charge in [0.2, 0.25) is 0 Å². The van der Waals surface area contributed by atoms with Gasteiger partial charge in [-0.05, 0) is 19.1 Å². The van der Waals surface area contributed by atoms with E-state index in [0.29, 0.717) is 12.4 Å². The molecule has 0 aromatic heterocycles. The summed E-state index contributed by atoms with van der Waals surface area (Å²) in [6.45, 7) is 2.61. The van der Waals surface area contributed by atoms with Crippen LogP contribution in [0, 0.1) is 0 Å². The van der Waals surface area contributed by atoms with Crippen LogP contribution >= 0.6 is 0 Å². The van der Waals surface area contributed by atoms with E-state index in [1.807, 2.05) is 13.0 Å². The van der Waals surface area contributed by atoms with E-state index in [4.69, 9.17) is 9.47 Å². The molecule has 3 heteroatoms.